The standard InChI is InChI=1S/C18H23NO2/c1-13(2)15-9-10-17(19(4)20)16(11-15)12-21-18-8-6-5-7-14(18)3/h5-11,13,20H,12H2,1-4H3. The van der Waals surface area contributed by atoms with Crippen LogP contribution in [0.25, 0.3) is 0 Å². The third-order valence-corrected chi connectivity index (χ3v) is 3.60. The maximum atomic E-state index is 9.76. The Hall–Kier alpha value is -2.00. The van der Waals surface area contributed by atoms with Gasteiger partial charge in [0.1, 0.15) is 12.4 Å². The molecule has 0 aliphatic carbocycles. The number of benzene rings is 2. The molecule has 0 amide bonds. The van der Waals surface area contributed by atoms with Gasteiger partial charge in [-0.25, -0.2) is 0 Å². The van der Waals surface area contributed by atoms with Crippen molar-refractivity contribution in [3.8, 4) is 5.75 Å². The fraction of sp³-hybridized carbons (Fsp3) is 0.333. The molecule has 0 radical (unpaired) electrons. The first-order valence-corrected chi connectivity index (χ1v) is 7.23. The molecule has 2 aromatic rings. The van der Waals surface area contributed by atoms with Gasteiger partial charge < -0.3 is 4.74 Å². The minimum atomic E-state index is 0.436. The summed E-state index contributed by atoms with van der Waals surface area (Å²) in [6.07, 6.45) is 0. The lowest BCUT2D eigenvalue weighted by molar-refractivity contribution is 0.270. The molecular formula is C18H23NO2. The average molecular weight is 285 g/mol. The van der Waals surface area contributed by atoms with Crippen LogP contribution in [-0.2, 0) is 6.61 Å². The number of ether oxygens (including phenoxy) is 1. The molecule has 3 nitrogen and oxygen atoms in total. The van der Waals surface area contributed by atoms with Gasteiger partial charge >= 0.3 is 0 Å². The minimum absolute atomic E-state index is 0.436. The Labute approximate surface area is 126 Å². The number of hydrogen-bond acceptors (Lipinski definition) is 3. The molecule has 112 valence electrons. The second-order valence-corrected chi connectivity index (χ2v) is 5.62. The van der Waals surface area contributed by atoms with E-state index in [0.29, 0.717) is 12.5 Å². The number of hydroxylamine groups is 1. The van der Waals surface area contributed by atoms with Crippen molar-refractivity contribution in [2.45, 2.75) is 33.3 Å². The number of nitrogens with zero attached hydrogens (tertiary/aromatic N) is 1. The molecule has 0 bridgehead atoms. The molecule has 1 N–H and O–H groups in total. The number of rotatable bonds is 5. The van der Waals surface area contributed by atoms with Gasteiger partial charge in [-0.05, 0) is 42.2 Å². The number of anilines is 1. The van der Waals surface area contributed by atoms with Crippen molar-refractivity contribution in [1.29, 1.82) is 0 Å². The SMILES string of the molecule is Cc1ccccc1OCc1cc(C(C)C)ccc1N(C)O. The van der Waals surface area contributed by atoms with E-state index >= 15 is 0 Å². The highest BCUT2D eigenvalue weighted by Gasteiger charge is 2.10. The topological polar surface area (TPSA) is 32.7 Å². The molecule has 0 atom stereocenters. The number of hydrogen-bond donors (Lipinski definition) is 1. The summed E-state index contributed by atoms with van der Waals surface area (Å²) < 4.78 is 5.91. The summed E-state index contributed by atoms with van der Waals surface area (Å²) in [6, 6.07) is 14.0. The van der Waals surface area contributed by atoms with E-state index in [-0.39, 0.29) is 0 Å². The number of aryl methyl sites for hydroxylation is 1. The van der Waals surface area contributed by atoms with Crippen LogP contribution in [0.1, 0.15) is 36.5 Å². The Bertz CT molecular complexity index is 606. The summed E-state index contributed by atoms with van der Waals surface area (Å²) in [5.74, 6) is 1.32. The van der Waals surface area contributed by atoms with E-state index in [0.717, 1.165) is 27.6 Å². The summed E-state index contributed by atoms with van der Waals surface area (Å²) in [6.45, 7) is 6.78. The van der Waals surface area contributed by atoms with Crippen LogP contribution in [0.15, 0.2) is 42.5 Å². The van der Waals surface area contributed by atoms with E-state index in [1.807, 2.05) is 43.3 Å². The van der Waals surface area contributed by atoms with E-state index in [9.17, 15) is 5.21 Å². The fourth-order valence-corrected chi connectivity index (χ4v) is 2.27. The van der Waals surface area contributed by atoms with Gasteiger partial charge in [-0.1, -0.05) is 38.1 Å². The number of para-hydroxylation sites is 1. The molecular weight excluding hydrogens is 262 g/mol. The van der Waals surface area contributed by atoms with Crippen molar-refractivity contribution in [3.05, 3.63) is 59.2 Å². The predicted molar refractivity (Wildman–Crippen MR) is 86.2 cm³/mol. The first kappa shape index (κ1) is 15.4. The lowest BCUT2D eigenvalue weighted by Gasteiger charge is -2.19. The van der Waals surface area contributed by atoms with Crippen molar-refractivity contribution in [2.75, 3.05) is 12.1 Å². The summed E-state index contributed by atoms with van der Waals surface area (Å²) >= 11 is 0. The molecule has 0 aliphatic rings. The summed E-state index contributed by atoms with van der Waals surface area (Å²) in [5, 5.41) is 10.9. The molecule has 2 aromatic carbocycles. The third-order valence-electron chi connectivity index (χ3n) is 3.60. The molecule has 0 heterocycles. The Morgan fingerprint density at radius 1 is 1.14 bits per heavy atom. The second kappa shape index (κ2) is 6.64. The Morgan fingerprint density at radius 3 is 2.48 bits per heavy atom. The van der Waals surface area contributed by atoms with Crippen LogP contribution in [-0.4, -0.2) is 12.3 Å². The van der Waals surface area contributed by atoms with E-state index in [4.69, 9.17) is 4.74 Å². The predicted octanol–water partition coefficient (Wildman–Crippen LogP) is 4.52. The van der Waals surface area contributed by atoms with Crippen molar-refractivity contribution in [1.82, 2.24) is 0 Å². The van der Waals surface area contributed by atoms with Crippen molar-refractivity contribution in [3.63, 3.8) is 0 Å². The zero-order valence-corrected chi connectivity index (χ0v) is 13.1. The van der Waals surface area contributed by atoms with E-state index in [2.05, 4.69) is 19.9 Å². The molecule has 0 aromatic heterocycles. The molecule has 0 saturated carbocycles. The molecule has 3 heteroatoms. The van der Waals surface area contributed by atoms with Gasteiger partial charge in [0, 0.05) is 12.6 Å². The Morgan fingerprint density at radius 2 is 1.86 bits per heavy atom. The van der Waals surface area contributed by atoms with Gasteiger partial charge in [-0.15, -0.1) is 0 Å². The van der Waals surface area contributed by atoms with Crippen LogP contribution in [0.4, 0.5) is 5.69 Å². The van der Waals surface area contributed by atoms with Crippen molar-refractivity contribution >= 4 is 5.69 Å². The Balaban J connectivity index is 2.25. The molecule has 0 spiro atoms. The highest BCUT2D eigenvalue weighted by atomic mass is 16.5. The van der Waals surface area contributed by atoms with Gasteiger partial charge in [0.05, 0.1) is 5.69 Å². The second-order valence-electron chi connectivity index (χ2n) is 5.62. The average Bonchev–Trinajstić information content (AvgIpc) is 2.46. The first-order chi connectivity index (χ1) is 9.99. The maximum Gasteiger partial charge on any atom is 0.122 e. The zero-order chi connectivity index (χ0) is 15.4. The van der Waals surface area contributed by atoms with Gasteiger partial charge in [0.2, 0.25) is 0 Å². The van der Waals surface area contributed by atoms with Crippen LogP contribution in [0, 0.1) is 6.92 Å². The van der Waals surface area contributed by atoms with Gasteiger partial charge in [0.15, 0.2) is 0 Å². The molecule has 0 unspecified atom stereocenters. The molecule has 2 rings (SSSR count). The van der Waals surface area contributed by atoms with Crippen LogP contribution in [0.3, 0.4) is 0 Å². The largest absolute Gasteiger partial charge is 0.489 e. The lowest BCUT2D eigenvalue weighted by Crippen LogP contribution is -2.14. The van der Waals surface area contributed by atoms with Gasteiger partial charge in [-0.3, -0.25) is 10.3 Å². The minimum Gasteiger partial charge on any atom is -0.489 e. The lowest BCUT2D eigenvalue weighted by atomic mass is 10.00. The molecule has 0 fully saturated rings. The fourth-order valence-electron chi connectivity index (χ4n) is 2.27. The van der Waals surface area contributed by atoms with E-state index < -0.39 is 0 Å². The highest BCUT2D eigenvalue weighted by molar-refractivity contribution is 5.53. The van der Waals surface area contributed by atoms with Gasteiger partial charge in [0.25, 0.3) is 0 Å². The normalized spacial score (nSPS) is 10.8. The molecule has 21 heavy (non-hydrogen) atoms. The monoisotopic (exact) mass is 285 g/mol. The summed E-state index contributed by atoms with van der Waals surface area (Å²) in [5.41, 5.74) is 4.10. The van der Waals surface area contributed by atoms with Crippen LogP contribution < -0.4 is 9.80 Å². The third kappa shape index (κ3) is 3.76. The van der Waals surface area contributed by atoms with Crippen molar-refractivity contribution < 1.29 is 9.94 Å². The molecule has 0 aliphatic heterocycles. The quantitative estimate of drug-likeness (QED) is 0.820. The summed E-state index contributed by atoms with van der Waals surface area (Å²) in [4.78, 5) is 0. The van der Waals surface area contributed by atoms with Crippen molar-refractivity contribution in [2.24, 2.45) is 0 Å². The first-order valence-electron chi connectivity index (χ1n) is 7.23. The van der Waals surface area contributed by atoms with Crippen LogP contribution in [0.2, 0.25) is 0 Å². The molecule has 0 saturated heterocycles. The Kier molecular flexibility index (Phi) is 4.86. The maximum absolute atomic E-state index is 9.76. The van der Waals surface area contributed by atoms with E-state index in [1.54, 1.807) is 7.05 Å². The van der Waals surface area contributed by atoms with E-state index in [1.165, 1.54) is 5.56 Å². The summed E-state index contributed by atoms with van der Waals surface area (Å²) in [7, 11) is 1.63. The highest BCUT2D eigenvalue weighted by Crippen LogP contribution is 2.26. The smallest absolute Gasteiger partial charge is 0.122 e. The zero-order valence-electron chi connectivity index (χ0n) is 13.1. The van der Waals surface area contributed by atoms with Crippen LogP contribution >= 0.6 is 0 Å². The van der Waals surface area contributed by atoms with Gasteiger partial charge in [-0.2, -0.15) is 0 Å². The van der Waals surface area contributed by atoms with Crippen LogP contribution in [0.5, 0.6) is 5.75 Å².